The number of halogens is 1. The monoisotopic (exact) mass is 289 g/mol. The largest absolute Gasteiger partial charge is 0.332 e. The lowest BCUT2D eigenvalue weighted by Crippen LogP contribution is -2.36. The summed E-state index contributed by atoms with van der Waals surface area (Å²) in [4.78, 5) is 14.4. The maximum atomic E-state index is 12.5. The Kier molecular flexibility index (Phi) is 3.26. The van der Waals surface area contributed by atoms with Gasteiger partial charge in [0, 0.05) is 24.2 Å². The van der Waals surface area contributed by atoms with Crippen molar-refractivity contribution in [1.29, 1.82) is 0 Å². The summed E-state index contributed by atoms with van der Waals surface area (Å²) in [5.41, 5.74) is 4.11. The van der Waals surface area contributed by atoms with Gasteiger partial charge in [-0.3, -0.25) is 9.48 Å². The van der Waals surface area contributed by atoms with E-state index in [-0.39, 0.29) is 5.91 Å². The second-order valence-corrected chi connectivity index (χ2v) is 5.56. The van der Waals surface area contributed by atoms with Gasteiger partial charge in [-0.1, -0.05) is 17.7 Å². The lowest BCUT2D eigenvalue weighted by molar-refractivity contribution is 0.0730. The Morgan fingerprint density at radius 3 is 2.95 bits per heavy atom. The number of aryl methyl sites for hydroxylation is 2. The van der Waals surface area contributed by atoms with Gasteiger partial charge >= 0.3 is 0 Å². The number of rotatable bonds is 1. The van der Waals surface area contributed by atoms with E-state index in [2.05, 4.69) is 5.10 Å². The molecule has 0 aliphatic carbocycles. The van der Waals surface area contributed by atoms with Crippen molar-refractivity contribution < 1.29 is 4.79 Å². The molecular weight excluding hydrogens is 274 g/mol. The van der Waals surface area contributed by atoms with Gasteiger partial charge in [0.15, 0.2) is 0 Å². The molecule has 1 aliphatic heterocycles. The molecule has 0 N–H and O–H groups in total. The van der Waals surface area contributed by atoms with Gasteiger partial charge in [-0.2, -0.15) is 5.10 Å². The first-order chi connectivity index (χ1) is 9.56. The van der Waals surface area contributed by atoms with Crippen LogP contribution in [0.5, 0.6) is 0 Å². The van der Waals surface area contributed by atoms with E-state index in [9.17, 15) is 4.79 Å². The highest BCUT2D eigenvalue weighted by molar-refractivity contribution is 6.30. The first-order valence-corrected chi connectivity index (χ1v) is 7.00. The van der Waals surface area contributed by atoms with E-state index in [0.717, 1.165) is 24.4 Å². The van der Waals surface area contributed by atoms with Crippen LogP contribution in [0.25, 0.3) is 0 Å². The van der Waals surface area contributed by atoms with Gasteiger partial charge in [-0.05, 0) is 37.1 Å². The number of hydrogen-bond acceptors (Lipinski definition) is 2. The van der Waals surface area contributed by atoms with Crippen LogP contribution in [0.15, 0.2) is 24.3 Å². The predicted molar refractivity (Wildman–Crippen MR) is 77.8 cm³/mol. The van der Waals surface area contributed by atoms with Crippen molar-refractivity contribution in [2.45, 2.75) is 19.9 Å². The standard InChI is InChI=1S/C15H16ClN3O/c1-10-13-6-7-19(9-14(13)18(2)17-10)15(20)11-4-3-5-12(16)8-11/h3-5,8H,6-7,9H2,1-2H3. The van der Waals surface area contributed by atoms with Crippen molar-refractivity contribution >= 4 is 17.5 Å². The average molecular weight is 290 g/mol. The third-order valence-corrected chi connectivity index (χ3v) is 4.04. The van der Waals surface area contributed by atoms with Gasteiger partial charge < -0.3 is 4.90 Å². The van der Waals surface area contributed by atoms with E-state index in [1.165, 1.54) is 5.56 Å². The molecule has 0 unspecified atom stereocenters. The molecule has 0 saturated carbocycles. The van der Waals surface area contributed by atoms with Crippen molar-refractivity contribution in [3.63, 3.8) is 0 Å². The minimum atomic E-state index is 0.0250. The molecule has 1 aliphatic rings. The van der Waals surface area contributed by atoms with Crippen LogP contribution in [0.4, 0.5) is 0 Å². The Bertz CT molecular complexity index is 678. The summed E-state index contributed by atoms with van der Waals surface area (Å²) >= 11 is 5.95. The fraction of sp³-hybridized carbons (Fsp3) is 0.333. The number of carbonyl (C=O) groups is 1. The molecule has 0 spiro atoms. The second kappa shape index (κ2) is 4.94. The SMILES string of the molecule is Cc1nn(C)c2c1CCN(C(=O)c1cccc(Cl)c1)C2. The van der Waals surface area contributed by atoms with Crippen LogP contribution in [0, 0.1) is 6.92 Å². The molecule has 5 heteroatoms. The zero-order valence-corrected chi connectivity index (χ0v) is 12.3. The van der Waals surface area contributed by atoms with Crippen molar-refractivity contribution in [3.8, 4) is 0 Å². The lowest BCUT2D eigenvalue weighted by Gasteiger charge is -2.27. The minimum Gasteiger partial charge on any atom is -0.332 e. The van der Waals surface area contributed by atoms with Gasteiger partial charge in [-0.25, -0.2) is 0 Å². The molecule has 2 aromatic rings. The van der Waals surface area contributed by atoms with E-state index < -0.39 is 0 Å². The molecule has 1 amide bonds. The molecular formula is C15H16ClN3O. The maximum absolute atomic E-state index is 12.5. The first-order valence-electron chi connectivity index (χ1n) is 6.62. The molecule has 4 nitrogen and oxygen atoms in total. The summed E-state index contributed by atoms with van der Waals surface area (Å²) in [6, 6.07) is 7.10. The molecule has 2 heterocycles. The number of aromatic nitrogens is 2. The summed E-state index contributed by atoms with van der Waals surface area (Å²) in [7, 11) is 1.93. The summed E-state index contributed by atoms with van der Waals surface area (Å²) in [5.74, 6) is 0.0250. The summed E-state index contributed by atoms with van der Waals surface area (Å²) < 4.78 is 1.88. The fourth-order valence-electron chi connectivity index (χ4n) is 2.76. The molecule has 3 rings (SSSR count). The number of fused-ring (bicyclic) bond motifs is 1. The van der Waals surface area contributed by atoms with Crippen molar-refractivity contribution in [2.75, 3.05) is 6.54 Å². The van der Waals surface area contributed by atoms with Crippen molar-refractivity contribution in [3.05, 3.63) is 51.8 Å². The van der Waals surface area contributed by atoms with Gasteiger partial charge in [0.25, 0.3) is 5.91 Å². The van der Waals surface area contributed by atoms with E-state index in [1.54, 1.807) is 24.3 Å². The number of carbonyl (C=O) groups excluding carboxylic acids is 1. The minimum absolute atomic E-state index is 0.0250. The number of amides is 1. The normalized spacial score (nSPS) is 14.2. The van der Waals surface area contributed by atoms with Crippen LogP contribution in [-0.2, 0) is 20.0 Å². The first kappa shape index (κ1) is 13.2. The highest BCUT2D eigenvalue weighted by Crippen LogP contribution is 2.23. The Morgan fingerprint density at radius 2 is 2.20 bits per heavy atom. The number of hydrogen-bond donors (Lipinski definition) is 0. The van der Waals surface area contributed by atoms with E-state index in [0.29, 0.717) is 17.1 Å². The molecule has 0 atom stereocenters. The Balaban J connectivity index is 1.87. The predicted octanol–water partition coefficient (Wildman–Crippen LogP) is 2.58. The molecule has 1 aromatic heterocycles. The lowest BCUT2D eigenvalue weighted by atomic mass is 10.0. The topological polar surface area (TPSA) is 38.1 Å². The maximum Gasteiger partial charge on any atom is 0.254 e. The van der Waals surface area contributed by atoms with Crippen molar-refractivity contribution in [1.82, 2.24) is 14.7 Å². The van der Waals surface area contributed by atoms with Crippen LogP contribution in [-0.4, -0.2) is 27.1 Å². The molecule has 104 valence electrons. The average Bonchev–Trinajstić information content (AvgIpc) is 2.73. The fourth-order valence-corrected chi connectivity index (χ4v) is 2.95. The number of benzene rings is 1. The van der Waals surface area contributed by atoms with Gasteiger partial charge in [-0.15, -0.1) is 0 Å². The second-order valence-electron chi connectivity index (χ2n) is 5.12. The van der Waals surface area contributed by atoms with Crippen LogP contribution in [0.1, 0.15) is 27.3 Å². The Hall–Kier alpha value is -1.81. The zero-order chi connectivity index (χ0) is 14.3. The van der Waals surface area contributed by atoms with Crippen molar-refractivity contribution in [2.24, 2.45) is 7.05 Å². The van der Waals surface area contributed by atoms with Gasteiger partial charge in [0.05, 0.1) is 17.9 Å². The van der Waals surface area contributed by atoms with Crippen LogP contribution in [0.3, 0.4) is 0 Å². The highest BCUT2D eigenvalue weighted by Gasteiger charge is 2.25. The molecule has 0 fully saturated rings. The molecule has 0 bridgehead atoms. The highest BCUT2D eigenvalue weighted by atomic mass is 35.5. The molecule has 0 saturated heterocycles. The summed E-state index contributed by atoms with van der Waals surface area (Å²) in [6.07, 6.45) is 0.862. The Labute approximate surface area is 123 Å². The summed E-state index contributed by atoms with van der Waals surface area (Å²) in [5, 5.41) is 5.02. The van der Waals surface area contributed by atoms with Crippen LogP contribution in [0.2, 0.25) is 5.02 Å². The number of nitrogens with zero attached hydrogens (tertiary/aromatic N) is 3. The van der Waals surface area contributed by atoms with Crippen LogP contribution < -0.4 is 0 Å². The van der Waals surface area contributed by atoms with E-state index in [1.807, 2.05) is 23.6 Å². The Morgan fingerprint density at radius 1 is 1.40 bits per heavy atom. The third-order valence-electron chi connectivity index (χ3n) is 3.81. The van der Waals surface area contributed by atoms with E-state index in [4.69, 9.17) is 11.6 Å². The summed E-state index contributed by atoms with van der Waals surface area (Å²) in [6.45, 7) is 3.36. The van der Waals surface area contributed by atoms with E-state index >= 15 is 0 Å². The van der Waals surface area contributed by atoms with Gasteiger partial charge in [0.2, 0.25) is 0 Å². The zero-order valence-electron chi connectivity index (χ0n) is 11.6. The van der Waals surface area contributed by atoms with Gasteiger partial charge in [0.1, 0.15) is 0 Å². The molecule has 0 radical (unpaired) electrons. The van der Waals surface area contributed by atoms with Crippen LogP contribution >= 0.6 is 11.6 Å². The molecule has 20 heavy (non-hydrogen) atoms. The quantitative estimate of drug-likeness (QED) is 0.809. The third kappa shape index (κ3) is 2.20. The smallest absolute Gasteiger partial charge is 0.254 e. The molecule has 1 aromatic carbocycles.